The number of methoxy groups -OCH3 is 1. The van der Waals surface area contributed by atoms with Gasteiger partial charge in [0.15, 0.2) is 0 Å². The number of rotatable bonds is 2. The van der Waals surface area contributed by atoms with Crippen LogP contribution in [0, 0.1) is 5.82 Å². The second-order valence-electron chi connectivity index (χ2n) is 4.62. The molecule has 0 fully saturated rings. The molecule has 1 aromatic heterocycles. The van der Waals surface area contributed by atoms with Gasteiger partial charge in [-0.15, -0.1) is 0 Å². The number of hydrogen-bond acceptors (Lipinski definition) is 4. The van der Waals surface area contributed by atoms with E-state index < -0.39 is 0 Å². The zero-order valence-corrected chi connectivity index (χ0v) is 11.7. The molecule has 0 spiro atoms. The van der Waals surface area contributed by atoms with Crippen molar-refractivity contribution in [1.82, 2.24) is 9.97 Å². The van der Waals surface area contributed by atoms with E-state index in [2.05, 4.69) is 9.97 Å². The molecule has 3 rings (SSSR count). The van der Waals surface area contributed by atoms with Crippen molar-refractivity contribution in [3.8, 4) is 5.75 Å². The topological polar surface area (TPSA) is 38.2 Å². The van der Waals surface area contributed by atoms with Gasteiger partial charge in [-0.2, -0.15) is 0 Å². The molecule has 6 heteroatoms. The van der Waals surface area contributed by atoms with E-state index in [-0.39, 0.29) is 5.82 Å². The van der Waals surface area contributed by atoms with Crippen molar-refractivity contribution < 1.29 is 9.13 Å². The fourth-order valence-corrected chi connectivity index (χ4v) is 2.50. The van der Waals surface area contributed by atoms with Gasteiger partial charge in [0.1, 0.15) is 22.5 Å². The maximum absolute atomic E-state index is 14.0. The minimum absolute atomic E-state index is 0.207. The number of anilines is 1. The van der Waals surface area contributed by atoms with Gasteiger partial charge in [-0.1, -0.05) is 11.6 Å². The van der Waals surface area contributed by atoms with E-state index in [0.717, 1.165) is 16.9 Å². The minimum atomic E-state index is -0.207. The van der Waals surface area contributed by atoms with E-state index in [1.807, 2.05) is 11.0 Å². The summed E-state index contributed by atoms with van der Waals surface area (Å²) in [5.41, 5.74) is 1.67. The maximum atomic E-state index is 14.0. The number of fused-ring (bicyclic) bond motifs is 1. The van der Waals surface area contributed by atoms with Crippen LogP contribution in [0.25, 0.3) is 0 Å². The highest BCUT2D eigenvalue weighted by atomic mass is 35.5. The number of hydrogen-bond donors (Lipinski definition) is 0. The molecular weight excluding hydrogens is 281 g/mol. The summed E-state index contributed by atoms with van der Waals surface area (Å²) in [6, 6.07) is 3.30. The summed E-state index contributed by atoms with van der Waals surface area (Å²) in [4.78, 5) is 10.3. The van der Waals surface area contributed by atoms with Crippen LogP contribution in [-0.2, 0) is 13.0 Å². The van der Waals surface area contributed by atoms with Crippen LogP contribution in [0.5, 0.6) is 5.75 Å². The number of ether oxygens (including phenoxy) is 1. The number of halogens is 2. The molecule has 0 aliphatic carbocycles. The van der Waals surface area contributed by atoms with Gasteiger partial charge in [0.05, 0.1) is 19.5 Å². The third-order valence-corrected chi connectivity index (χ3v) is 3.62. The lowest BCUT2D eigenvalue weighted by molar-refractivity contribution is 0.409. The van der Waals surface area contributed by atoms with Crippen LogP contribution >= 0.6 is 11.6 Å². The molecule has 0 atom stereocenters. The Labute approximate surface area is 121 Å². The van der Waals surface area contributed by atoms with Gasteiger partial charge in [0.25, 0.3) is 0 Å². The minimum Gasteiger partial charge on any atom is -0.497 e. The fourth-order valence-electron chi connectivity index (χ4n) is 2.40. The summed E-state index contributed by atoms with van der Waals surface area (Å²) in [6.07, 6.45) is 3.78. The Bertz CT molecular complexity index is 633. The van der Waals surface area contributed by atoms with E-state index in [4.69, 9.17) is 16.3 Å². The van der Waals surface area contributed by atoms with Crippen LogP contribution in [0.3, 0.4) is 0 Å². The Morgan fingerprint density at radius 2 is 2.15 bits per heavy atom. The first kappa shape index (κ1) is 13.1. The van der Waals surface area contributed by atoms with Gasteiger partial charge in [0, 0.05) is 19.2 Å². The molecule has 1 aromatic carbocycles. The Balaban J connectivity index is 1.91. The van der Waals surface area contributed by atoms with E-state index in [1.165, 1.54) is 19.4 Å². The second-order valence-corrected chi connectivity index (χ2v) is 5.00. The third-order valence-electron chi connectivity index (χ3n) is 3.42. The van der Waals surface area contributed by atoms with Crippen molar-refractivity contribution in [2.45, 2.75) is 13.0 Å². The van der Waals surface area contributed by atoms with Crippen LogP contribution in [0.4, 0.5) is 10.2 Å². The average Bonchev–Trinajstić information content (AvgIpc) is 2.47. The number of aromatic nitrogens is 2. The van der Waals surface area contributed by atoms with Gasteiger partial charge in [0.2, 0.25) is 0 Å². The van der Waals surface area contributed by atoms with Crippen LogP contribution < -0.4 is 9.64 Å². The molecule has 0 N–H and O–H groups in total. The first-order valence-electron chi connectivity index (χ1n) is 6.25. The molecule has 0 saturated heterocycles. The normalized spacial score (nSPS) is 14.1. The van der Waals surface area contributed by atoms with E-state index in [0.29, 0.717) is 30.4 Å². The fraction of sp³-hybridized carbons (Fsp3) is 0.286. The maximum Gasteiger partial charge on any atom is 0.147 e. The molecule has 0 amide bonds. The van der Waals surface area contributed by atoms with Crippen molar-refractivity contribution >= 4 is 17.4 Å². The second kappa shape index (κ2) is 5.25. The quantitative estimate of drug-likeness (QED) is 0.853. The lowest BCUT2D eigenvalue weighted by atomic mass is 9.99. The molecule has 0 unspecified atom stereocenters. The van der Waals surface area contributed by atoms with Crippen molar-refractivity contribution in [2.75, 3.05) is 18.6 Å². The van der Waals surface area contributed by atoms with Crippen molar-refractivity contribution in [1.29, 1.82) is 0 Å². The molecule has 2 heterocycles. The highest BCUT2D eigenvalue weighted by Crippen LogP contribution is 2.28. The largest absolute Gasteiger partial charge is 0.497 e. The predicted octanol–water partition coefficient (Wildman–Crippen LogP) is 2.84. The van der Waals surface area contributed by atoms with Gasteiger partial charge < -0.3 is 9.64 Å². The summed E-state index contributed by atoms with van der Waals surface area (Å²) in [6.45, 7) is 1.28. The molecule has 104 valence electrons. The zero-order valence-electron chi connectivity index (χ0n) is 10.9. The molecule has 20 heavy (non-hydrogen) atoms. The van der Waals surface area contributed by atoms with Gasteiger partial charge in [-0.3, -0.25) is 0 Å². The third kappa shape index (κ3) is 2.41. The van der Waals surface area contributed by atoms with E-state index in [1.54, 1.807) is 6.20 Å². The van der Waals surface area contributed by atoms with Crippen LogP contribution in [0.2, 0.25) is 5.15 Å². The van der Waals surface area contributed by atoms with Gasteiger partial charge in [-0.05, 0) is 23.6 Å². The van der Waals surface area contributed by atoms with Crippen LogP contribution in [0.15, 0.2) is 24.5 Å². The Morgan fingerprint density at radius 3 is 2.85 bits per heavy atom. The van der Waals surface area contributed by atoms with Crippen LogP contribution in [0.1, 0.15) is 11.1 Å². The first-order valence-corrected chi connectivity index (χ1v) is 6.63. The number of nitrogens with zero attached hydrogens (tertiary/aromatic N) is 3. The molecule has 0 bridgehead atoms. The average molecular weight is 294 g/mol. The predicted molar refractivity (Wildman–Crippen MR) is 74.7 cm³/mol. The highest BCUT2D eigenvalue weighted by Gasteiger charge is 2.21. The molecule has 0 radical (unpaired) electrons. The monoisotopic (exact) mass is 293 g/mol. The molecule has 0 saturated carbocycles. The molecule has 1 aliphatic heterocycles. The van der Waals surface area contributed by atoms with Gasteiger partial charge >= 0.3 is 0 Å². The Kier molecular flexibility index (Phi) is 3.44. The van der Waals surface area contributed by atoms with E-state index in [9.17, 15) is 4.39 Å². The Morgan fingerprint density at radius 1 is 1.30 bits per heavy atom. The number of benzene rings is 1. The highest BCUT2D eigenvalue weighted by molar-refractivity contribution is 6.29. The molecular formula is C14H13ClFN3O. The smallest absolute Gasteiger partial charge is 0.147 e. The van der Waals surface area contributed by atoms with Crippen molar-refractivity contribution in [3.05, 3.63) is 46.6 Å². The standard InChI is InChI=1S/C14H13ClFN3O/c1-20-10-4-9-8-19(3-2-11(9)12(16)5-10)14-7-17-13(15)6-18-14/h4-7H,2-3,8H2,1H3. The first-order chi connectivity index (χ1) is 9.67. The Hall–Kier alpha value is -1.88. The zero-order chi connectivity index (χ0) is 14.1. The summed E-state index contributed by atoms with van der Waals surface area (Å²) in [5, 5.41) is 0.360. The molecule has 4 nitrogen and oxygen atoms in total. The van der Waals surface area contributed by atoms with E-state index >= 15 is 0 Å². The lowest BCUT2D eigenvalue weighted by Crippen LogP contribution is -2.31. The van der Waals surface area contributed by atoms with Gasteiger partial charge in [-0.25, -0.2) is 14.4 Å². The van der Waals surface area contributed by atoms with Crippen molar-refractivity contribution in [3.63, 3.8) is 0 Å². The molecule has 1 aliphatic rings. The van der Waals surface area contributed by atoms with Crippen LogP contribution in [-0.4, -0.2) is 23.6 Å². The lowest BCUT2D eigenvalue weighted by Gasteiger charge is -2.30. The summed E-state index contributed by atoms with van der Waals surface area (Å²) < 4.78 is 19.1. The SMILES string of the molecule is COc1cc(F)c2c(c1)CN(c1cnc(Cl)cn1)CC2. The van der Waals surface area contributed by atoms with Crippen molar-refractivity contribution in [2.24, 2.45) is 0 Å². The molecule has 2 aromatic rings. The summed E-state index contributed by atoms with van der Waals surface area (Å²) >= 11 is 5.73. The summed E-state index contributed by atoms with van der Waals surface area (Å²) in [7, 11) is 1.53. The summed E-state index contributed by atoms with van der Waals surface area (Å²) in [5.74, 6) is 1.06.